The minimum Gasteiger partial charge on any atom is -0.100 e. The minimum absolute atomic E-state index is 1.08. The van der Waals surface area contributed by atoms with Crippen LogP contribution in [-0.4, -0.2) is 0 Å². The van der Waals surface area contributed by atoms with Crippen LogP contribution >= 0.6 is 0 Å². The Bertz CT molecular complexity index is 360. The van der Waals surface area contributed by atoms with Crippen LogP contribution < -0.4 is 0 Å². The minimum atomic E-state index is 1.08. The fourth-order valence-electron chi connectivity index (χ4n) is 1.89. The average molecular weight is 200 g/mol. The molecule has 0 heterocycles. The third-order valence-electron chi connectivity index (χ3n) is 2.70. The monoisotopic (exact) mass is 200 g/mol. The maximum absolute atomic E-state index is 3.93. The van der Waals surface area contributed by atoms with E-state index in [0.29, 0.717) is 0 Å². The average Bonchev–Trinajstić information content (AvgIpc) is 2.14. The molecule has 1 aromatic rings. The molecular formula is C15H20. The summed E-state index contributed by atoms with van der Waals surface area (Å²) < 4.78 is 0. The van der Waals surface area contributed by atoms with Gasteiger partial charge in [0.1, 0.15) is 0 Å². The van der Waals surface area contributed by atoms with Crippen LogP contribution in [0.5, 0.6) is 0 Å². The molecule has 1 aromatic carbocycles. The van der Waals surface area contributed by atoms with E-state index >= 15 is 0 Å². The van der Waals surface area contributed by atoms with Crippen molar-refractivity contribution in [2.24, 2.45) is 0 Å². The Balaban J connectivity index is 2.93. The highest BCUT2D eigenvalue weighted by Crippen LogP contribution is 2.19. The van der Waals surface area contributed by atoms with E-state index in [1.807, 2.05) is 6.08 Å². The number of hydrogen-bond donors (Lipinski definition) is 0. The summed E-state index contributed by atoms with van der Waals surface area (Å²) in [4.78, 5) is 0. The Hall–Kier alpha value is -1.30. The number of rotatable bonds is 4. The second-order valence-electron chi connectivity index (χ2n) is 4.30. The van der Waals surface area contributed by atoms with Gasteiger partial charge >= 0.3 is 0 Å². The molecule has 0 nitrogen and oxygen atoms in total. The SMILES string of the molecule is C=Cc1c(C)cc(CCC(=C)C)cc1C. The third-order valence-corrected chi connectivity index (χ3v) is 2.70. The van der Waals surface area contributed by atoms with Gasteiger partial charge in [0, 0.05) is 0 Å². The zero-order valence-corrected chi connectivity index (χ0v) is 10.1. The van der Waals surface area contributed by atoms with Gasteiger partial charge in [0.15, 0.2) is 0 Å². The summed E-state index contributed by atoms with van der Waals surface area (Å²) in [5.74, 6) is 0. The molecule has 0 radical (unpaired) electrons. The zero-order valence-electron chi connectivity index (χ0n) is 10.1. The van der Waals surface area contributed by atoms with E-state index in [1.165, 1.54) is 27.8 Å². The molecule has 0 saturated carbocycles. The molecule has 0 aromatic heterocycles. The molecule has 80 valence electrons. The van der Waals surface area contributed by atoms with Gasteiger partial charge < -0.3 is 0 Å². The number of allylic oxidation sites excluding steroid dienone is 1. The molecule has 0 atom stereocenters. The molecule has 0 N–H and O–H groups in total. The largest absolute Gasteiger partial charge is 0.100 e. The molecule has 0 aliphatic rings. The molecule has 0 fully saturated rings. The molecule has 1 rings (SSSR count). The lowest BCUT2D eigenvalue weighted by molar-refractivity contribution is 0.941. The van der Waals surface area contributed by atoms with Gasteiger partial charge in [-0.2, -0.15) is 0 Å². The van der Waals surface area contributed by atoms with Crippen molar-refractivity contribution >= 4 is 6.08 Å². The van der Waals surface area contributed by atoms with Crippen molar-refractivity contribution < 1.29 is 0 Å². The standard InChI is InChI=1S/C15H20/c1-6-15-12(4)9-14(10-13(15)5)8-7-11(2)3/h6,9-10H,1-2,7-8H2,3-5H3. The molecule has 0 aliphatic heterocycles. The normalized spacial score (nSPS) is 10.1. The first-order valence-corrected chi connectivity index (χ1v) is 5.41. The van der Waals surface area contributed by atoms with Crippen molar-refractivity contribution in [2.75, 3.05) is 0 Å². The van der Waals surface area contributed by atoms with Gasteiger partial charge in [-0.15, -0.1) is 6.58 Å². The summed E-state index contributed by atoms with van der Waals surface area (Å²) >= 11 is 0. The summed E-state index contributed by atoms with van der Waals surface area (Å²) in [7, 11) is 0. The van der Waals surface area contributed by atoms with Gasteiger partial charge in [-0.25, -0.2) is 0 Å². The fourth-order valence-corrected chi connectivity index (χ4v) is 1.89. The maximum atomic E-state index is 3.93. The van der Waals surface area contributed by atoms with Gasteiger partial charge in [-0.1, -0.05) is 30.4 Å². The lowest BCUT2D eigenvalue weighted by Crippen LogP contribution is -1.92. The fraction of sp³-hybridized carbons (Fsp3) is 0.333. The molecule has 0 spiro atoms. The predicted molar refractivity (Wildman–Crippen MR) is 69.1 cm³/mol. The summed E-state index contributed by atoms with van der Waals surface area (Å²) in [6.45, 7) is 14.2. The van der Waals surface area contributed by atoms with Gasteiger partial charge in [0.25, 0.3) is 0 Å². The van der Waals surface area contributed by atoms with Gasteiger partial charge in [-0.3, -0.25) is 0 Å². The number of benzene rings is 1. The van der Waals surface area contributed by atoms with Gasteiger partial charge in [0.2, 0.25) is 0 Å². The van der Waals surface area contributed by atoms with E-state index in [4.69, 9.17) is 0 Å². The van der Waals surface area contributed by atoms with Crippen LogP contribution in [0, 0.1) is 13.8 Å². The second kappa shape index (κ2) is 4.97. The quantitative estimate of drug-likeness (QED) is 0.630. The first-order valence-electron chi connectivity index (χ1n) is 5.41. The first-order chi connectivity index (χ1) is 7.04. The maximum Gasteiger partial charge on any atom is -0.0204 e. The second-order valence-corrected chi connectivity index (χ2v) is 4.30. The van der Waals surface area contributed by atoms with Crippen molar-refractivity contribution in [1.82, 2.24) is 0 Å². The Morgan fingerprint density at radius 2 is 1.80 bits per heavy atom. The lowest BCUT2D eigenvalue weighted by Gasteiger charge is -2.09. The summed E-state index contributed by atoms with van der Waals surface area (Å²) in [6.07, 6.45) is 4.11. The van der Waals surface area contributed by atoms with E-state index in [1.54, 1.807) is 0 Å². The summed E-state index contributed by atoms with van der Waals surface area (Å²) in [5.41, 5.74) is 6.56. The van der Waals surface area contributed by atoms with Crippen LogP contribution in [0.25, 0.3) is 6.08 Å². The molecule has 0 saturated heterocycles. The molecule has 0 aliphatic carbocycles. The van der Waals surface area contributed by atoms with Crippen molar-refractivity contribution in [1.29, 1.82) is 0 Å². The van der Waals surface area contributed by atoms with Crippen LogP contribution in [0.3, 0.4) is 0 Å². The van der Waals surface area contributed by atoms with Crippen molar-refractivity contribution in [2.45, 2.75) is 33.6 Å². The molecule has 15 heavy (non-hydrogen) atoms. The van der Waals surface area contributed by atoms with Gasteiger partial charge in [-0.05, 0) is 55.9 Å². The number of aryl methyl sites for hydroxylation is 3. The highest BCUT2D eigenvalue weighted by molar-refractivity contribution is 5.57. The lowest BCUT2D eigenvalue weighted by atomic mass is 9.96. The zero-order chi connectivity index (χ0) is 11.4. The van der Waals surface area contributed by atoms with Gasteiger partial charge in [0.05, 0.1) is 0 Å². The van der Waals surface area contributed by atoms with Crippen LogP contribution in [0.15, 0.2) is 30.9 Å². The smallest absolute Gasteiger partial charge is 0.0204 e. The Kier molecular flexibility index (Phi) is 3.90. The van der Waals surface area contributed by atoms with E-state index in [2.05, 4.69) is 46.1 Å². The summed E-state index contributed by atoms with van der Waals surface area (Å²) in [5, 5.41) is 0. The van der Waals surface area contributed by atoms with Crippen LogP contribution in [0.1, 0.15) is 35.6 Å². The Morgan fingerprint density at radius 3 is 2.20 bits per heavy atom. The highest BCUT2D eigenvalue weighted by Gasteiger charge is 2.02. The molecule has 0 bridgehead atoms. The number of hydrogen-bond acceptors (Lipinski definition) is 0. The molecular weight excluding hydrogens is 180 g/mol. The molecule has 0 heteroatoms. The Morgan fingerprint density at radius 1 is 1.27 bits per heavy atom. The summed E-state index contributed by atoms with van der Waals surface area (Å²) in [6, 6.07) is 4.51. The van der Waals surface area contributed by atoms with Crippen molar-refractivity contribution in [3.63, 3.8) is 0 Å². The molecule has 0 unspecified atom stereocenters. The first kappa shape index (κ1) is 11.8. The van der Waals surface area contributed by atoms with Crippen LogP contribution in [0.4, 0.5) is 0 Å². The third kappa shape index (κ3) is 3.09. The van der Waals surface area contributed by atoms with Crippen LogP contribution in [-0.2, 0) is 6.42 Å². The van der Waals surface area contributed by atoms with Crippen molar-refractivity contribution in [3.05, 3.63) is 53.1 Å². The van der Waals surface area contributed by atoms with E-state index in [-0.39, 0.29) is 0 Å². The Labute approximate surface area is 93.3 Å². The van der Waals surface area contributed by atoms with E-state index < -0.39 is 0 Å². The van der Waals surface area contributed by atoms with Crippen molar-refractivity contribution in [3.8, 4) is 0 Å². The van der Waals surface area contributed by atoms with E-state index in [0.717, 1.165) is 12.8 Å². The van der Waals surface area contributed by atoms with Crippen LogP contribution in [0.2, 0.25) is 0 Å². The van der Waals surface area contributed by atoms with E-state index in [9.17, 15) is 0 Å². The topological polar surface area (TPSA) is 0 Å². The molecule has 0 amide bonds. The highest BCUT2D eigenvalue weighted by atomic mass is 14.1. The predicted octanol–water partition coefficient (Wildman–Crippen LogP) is 4.46.